The van der Waals surface area contributed by atoms with Gasteiger partial charge in [-0.2, -0.15) is 5.10 Å². The van der Waals surface area contributed by atoms with Crippen molar-refractivity contribution in [3.63, 3.8) is 0 Å². The van der Waals surface area contributed by atoms with Gasteiger partial charge in [-0.1, -0.05) is 17.7 Å². The maximum absolute atomic E-state index is 12.3. The van der Waals surface area contributed by atoms with Gasteiger partial charge in [0.2, 0.25) is 0 Å². The number of rotatable bonds is 3. The minimum Gasteiger partial charge on any atom is -0.326 e. The van der Waals surface area contributed by atoms with Crippen molar-refractivity contribution < 1.29 is 4.79 Å². The van der Waals surface area contributed by atoms with Gasteiger partial charge in [0.15, 0.2) is 5.82 Å². The number of nitrogens with zero attached hydrogens (tertiary/aromatic N) is 2. The van der Waals surface area contributed by atoms with Gasteiger partial charge < -0.3 is 11.1 Å². The summed E-state index contributed by atoms with van der Waals surface area (Å²) in [6, 6.07) is 5.79. The zero-order valence-electron chi connectivity index (χ0n) is 11.4. The molecule has 0 aliphatic rings. The number of nitrogens with one attached hydrogen (secondary N) is 1. The smallest absolute Gasteiger partial charge is 0.257 e. The molecule has 1 aromatic carbocycles. The maximum Gasteiger partial charge on any atom is 0.257 e. The third-order valence-corrected chi connectivity index (χ3v) is 2.99. The van der Waals surface area contributed by atoms with E-state index >= 15 is 0 Å². The molecule has 0 saturated carbocycles. The number of aromatic nitrogens is 2. The Hall–Kier alpha value is -2.14. The van der Waals surface area contributed by atoms with Crippen LogP contribution in [0.25, 0.3) is 0 Å². The Bertz CT molecular complexity index is 616. The van der Waals surface area contributed by atoms with Gasteiger partial charge in [-0.15, -0.1) is 0 Å². The molecule has 0 fully saturated rings. The van der Waals surface area contributed by atoms with Gasteiger partial charge in [0.1, 0.15) is 0 Å². The standard InChI is InChI=1S/C14H18N4O/c1-9-4-5-10(2)12(6-9)14(19)16-13-11(7-15)8-18(3)17-13/h4-6,8H,7,15H2,1-3H3,(H,16,17,19). The number of nitrogens with two attached hydrogens (primary N) is 1. The number of aryl methyl sites for hydroxylation is 3. The van der Waals surface area contributed by atoms with Crippen molar-refractivity contribution in [3.8, 4) is 0 Å². The van der Waals surface area contributed by atoms with Crippen molar-refractivity contribution in [2.75, 3.05) is 5.32 Å². The molecule has 2 aromatic rings. The van der Waals surface area contributed by atoms with Crippen LogP contribution in [0.3, 0.4) is 0 Å². The van der Waals surface area contributed by atoms with Crippen LogP contribution in [0, 0.1) is 13.8 Å². The normalized spacial score (nSPS) is 10.5. The third-order valence-electron chi connectivity index (χ3n) is 2.99. The van der Waals surface area contributed by atoms with Crippen molar-refractivity contribution in [2.24, 2.45) is 12.8 Å². The van der Waals surface area contributed by atoms with E-state index in [9.17, 15) is 4.79 Å². The molecule has 3 N–H and O–H groups in total. The van der Waals surface area contributed by atoms with E-state index in [2.05, 4.69) is 10.4 Å². The number of amides is 1. The summed E-state index contributed by atoms with van der Waals surface area (Å²) in [6.45, 7) is 4.22. The highest BCUT2D eigenvalue weighted by molar-refractivity contribution is 6.05. The highest BCUT2D eigenvalue weighted by atomic mass is 16.1. The first kappa shape index (κ1) is 13.3. The molecule has 0 aliphatic heterocycles. The second-order valence-electron chi connectivity index (χ2n) is 4.65. The predicted octanol–water partition coefficient (Wildman–Crippen LogP) is 1.75. The van der Waals surface area contributed by atoms with Crippen LogP contribution in [0.5, 0.6) is 0 Å². The summed E-state index contributed by atoms with van der Waals surface area (Å²) >= 11 is 0. The summed E-state index contributed by atoms with van der Waals surface area (Å²) in [4.78, 5) is 12.3. The average Bonchev–Trinajstić information content (AvgIpc) is 2.72. The van der Waals surface area contributed by atoms with Gasteiger partial charge in [0.05, 0.1) is 0 Å². The molecule has 0 unspecified atom stereocenters. The van der Waals surface area contributed by atoms with Crippen LogP contribution < -0.4 is 11.1 Å². The van der Waals surface area contributed by atoms with E-state index in [1.54, 1.807) is 17.9 Å². The Balaban J connectivity index is 2.27. The van der Waals surface area contributed by atoms with Crippen LogP contribution in [0.2, 0.25) is 0 Å². The molecule has 1 aromatic heterocycles. The van der Waals surface area contributed by atoms with Crippen LogP contribution in [0.1, 0.15) is 27.0 Å². The number of hydrogen-bond acceptors (Lipinski definition) is 3. The van der Waals surface area contributed by atoms with Crippen LogP contribution >= 0.6 is 0 Å². The molecule has 5 nitrogen and oxygen atoms in total. The lowest BCUT2D eigenvalue weighted by Gasteiger charge is -2.07. The number of carbonyl (C=O) groups is 1. The molecule has 0 saturated heterocycles. The molecule has 2 rings (SSSR count). The minimum atomic E-state index is -0.158. The Morgan fingerprint density at radius 1 is 1.42 bits per heavy atom. The fourth-order valence-electron chi connectivity index (χ4n) is 1.95. The lowest BCUT2D eigenvalue weighted by atomic mass is 10.1. The van der Waals surface area contributed by atoms with Crippen molar-refractivity contribution in [2.45, 2.75) is 20.4 Å². The predicted molar refractivity (Wildman–Crippen MR) is 75.0 cm³/mol. The largest absolute Gasteiger partial charge is 0.326 e. The molecule has 19 heavy (non-hydrogen) atoms. The fraction of sp³-hybridized carbons (Fsp3) is 0.286. The summed E-state index contributed by atoms with van der Waals surface area (Å²) in [5.41, 5.74) is 9.10. The fourth-order valence-corrected chi connectivity index (χ4v) is 1.95. The quantitative estimate of drug-likeness (QED) is 0.881. The molecule has 1 amide bonds. The number of carbonyl (C=O) groups excluding carboxylic acids is 1. The van der Waals surface area contributed by atoms with E-state index in [1.165, 1.54) is 0 Å². The Morgan fingerprint density at radius 3 is 2.84 bits per heavy atom. The van der Waals surface area contributed by atoms with Gasteiger partial charge >= 0.3 is 0 Å². The minimum absolute atomic E-state index is 0.158. The lowest BCUT2D eigenvalue weighted by molar-refractivity contribution is 0.102. The van der Waals surface area contributed by atoms with E-state index < -0.39 is 0 Å². The molecule has 0 bridgehead atoms. The SMILES string of the molecule is Cc1ccc(C)c(C(=O)Nc2nn(C)cc2CN)c1. The van der Waals surface area contributed by atoms with Crippen LogP contribution in [-0.2, 0) is 13.6 Å². The summed E-state index contributed by atoms with van der Waals surface area (Å²) < 4.78 is 1.64. The second-order valence-corrected chi connectivity index (χ2v) is 4.65. The van der Waals surface area contributed by atoms with Crippen molar-refractivity contribution >= 4 is 11.7 Å². The van der Waals surface area contributed by atoms with Crippen LogP contribution in [-0.4, -0.2) is 15.7 Å². The molecular weight excluding hydrogens is 240 g/mol. The van der Waals surface area contributed by atoms with Gasteiger partial charge in [-0.05, 0) is 25.5 Å². The molecule has 5 heteroatoms. The molecule has 0 spiro atoms. The van der Waals surface area contributed by atoms with E-state index in [4.69, 9.17) is 5.73 Å². The first-order valence-corrected chi connectivity index (χ1v) is 6.12. The summed E-state index contributed by atoms with van der Waals surface area (Å²) in [6.07, 6.45) is 1.80. The Kier molecular flexibility index (Phi) is 3.66. The number of benzene rings is 1. The van der Waals surface area contributed by atoms with Crippen molar-refractivity contribution in [1.29, 1.82) is 0 Å². The maximum atomic E-state index is 12.3. The number of anilines is 1. The highest BCUT2D eigenvalue weighted by Crippen LogP contribution is 2.16. The average molecular weight is 258 g/mol. The topological polar surface area (TPSA) is 72.9 Å². The first-order chi connectivity index (χ1) is 9.01. The lowest BCUT2D eigenvalue weighted by Crippen LogP contribution is -2.15. The molecule has 0 radical (unpaired) electrons. The summed E-state index contributed by atoms with van der Waals surface area (Å²) in [5.74, 6) is 0.366. The molecule has 100 valence electrons. The monoisotopic (exact) mass is 258 g/mol. The van der Waals surface area contributed by atoms with E-state index in [0.29, 0.717) is 17.9 Å². The van der Waals surface area contributed by atoms with Gasteiger partial charge in [-0.25, -0.2) is 0 Å². The van der Waals surface area contributed by atoms with Gasteiger partial charge in [-0.3, -0.25) is 9.48 Å². The van der Waals surface area contributed by atoms with E-state index in [1.807, 2.05) is 32.0 Å². The highest BCUT2D eigenvalue weighted by Gasteiger charge is 2.13. The second kappa shape index (κ2) is 5.24. The van der Waals surface area contributed by atoms with Gasteiger partial charge in [0, 0.05) is 30.9 Å². The Labute approximate surface area is 112 Å². The van der Waals surface area contributed by atoms with Gasteiger partial charge in [0.25, 0.3) is 5.91 Å². The van der Waals surface area contributed by atoms with E-state index in [0.717, 1.165) is 16.7 Å². The van der Waals surface area contributed by atoms with Crippen molar-refractivity contribution in [3.05, 3.63) is 46.6 Å². The van der Waals surface area contributed by atoms with Crippen LogP contribution in [0.15, 0.2) is 24.4 Å². The summed E-state index contributed by atoms with van der Waals surface area (Å²) in [7, 11) is 1.80. The number of hydrogen-bond donors (Lipinski definition) is 2. The van der Waals surface area contributed by atoms with E-state index in [-0.39, 0.29) is 5.91 Å². The van der Waals surface area contributed by atoms with Crippen LogP contribution in [0.4, 0.5) is 5.82 Å². The van der Waals surface area contributed by atoms with Crippen molar-refractivity contribution in [1.82, 2.24) is 9.78 Å². The molecule has 1 heterocycles. The molecular formula is C14H18N4O. The summed E-state index contributed by atoms with van der Waals surface area (Å²) in [5, 5.41) is 7.02. The zero-order valence-corrected chi connectivity index (χ0v) is 11.4. The molecule has 0 atom stereocenters. The third kappa shape index (κ3) is 2.82. The first-order valence-electron chi connectivity index (χ1n) is 6.12. The zero-order chi connectivity index (χ0) is 14.0. The Morgan fingerprint density at radius 2 is 2.16 bits per heavy atom. The molecule has 0 aliphatic carbocycles.